The zero-order valence-corrected chi connectivity index (χ0v) is 12.5. The summed E-state index contributed by atoms with van der Waals surface area (Å²) in [5.41, 5.74) is 2.08. The molecule has 98 valence electrons. The van der Waals surface area contributed by atoms with E-state index in [0.29, 0.717) is 11.1 Å². The fourth-order valence-corrected chi connectivity index (χ4v) is 2.43. The molecule has 0 radical (unpaired) electrons. The minimum absolute atomic E-state index is 0.000128. The van der Waals surface area contributed by atoms with Crippen LogP contribution in [-0.2, 0) is 0 Å². The SMILES string of the molecule is O=C1C(C=Nc2ccc(I)cc2)=C(O)c2ccccc21. The van der Waals surface area contributed by atoms with E-state index in [4.69, 9.17) is 0 Å². The highest BCUT2D eigenvalue weighted by molar-refractivity contribution is 14.1. The minimum Gasteiger partial charge on any atom is -0.506 e. The van der Waals surface area contributed by atoms with Crippen molar-refractivity contribution in [2.75, 3.05) is 0 Å². The van der Waals surface area contributed by atoms with E-state index in [1.807, 2.05) is 24.3 Å². The number of carbonyl (C=O) groups is 1. The molecule has 0 saturated heterocycles. The zero-order valence-electron chi connectivity index (χ0n) is 10.4. The second-order valence-corrected chi connectivity index (χ2v) is 5.62. The van der Waals surface area contributed by atoms with Crippen molar-refractivity contribution in [2.24, 2.45) is 4.99 Å². The maximum absolute atomic E-state index is 12.2. The standard InChI is InChI=1S/C16H10INO2/c17-10-5-7-11(8-6-10)18-9-14-15(19)12-3-1-2-4-13(12)16(14)20/h1-9,19H. The largest absolute Gasteiger partial charge is 0.506 e. The van der Waals surface area contributed by atoms with E-state index in [0.717, 1.165) is 9.26 Å². The molecule has 2 aromatic carbocycles. The van der Waals surface area contributed by atoms with Crippen molar-refractivity contribution >= 4 is 46.0 Å². The monoisotopic (exact) mass is 375 g/mol. The van der Waals surface area contributed by atoms with Gasteiger partial charge >= 0.3 is 0 Å². The molecular formula is C16H10INO2. The highest BCUT2D eigenvalue weighted by Crippen LogP contribution is 2.30. The summed E-state index contributed by atoms with van der Waals surface area (Å²) in [5.74, 6) is -0.188. The third-order valence-electron chi connectivity index (χ3n) is 3.10. The molecule has 1 N–H and O–H groups in total. The third kappa shape index (κ3) is 2.27. The van der Waals surface area contributed by atoms with Crippen molar-refractivity contribution in [1.29, 1.82) is 0 Å². The van der Waals surface area contributed by atoms with Crippen molar-refractivity contribution in [3.05, 3.63) is 68.8 Å². The van der Waals surface area contributed by atoms with Gasteiger partial charge in [0.2, 0.25) is 0 Å². The second-order valence-electron chi connectivity index (χ2n) is 4.37. The van der Waals surface area contributed by atoms with Crippen LogP contribution in [0.15, 0.2) is 59.1 Å². The van der Waals surface area contributed by atoms with E-state index < -0.39 is 0 Å². The number of allylic oxidation sites excluding steroid dienone is 1. The number of aliphatic hydroxyl groups is 1. The fourth-order valence-electron chi connectivity index (χ4n) is 2.07. The number of hydrogen-bond donors (Lipinski definition) is 1. The Bertz CT molecular complexity index is 745. The maximum atomic E-state index is 12.2. The van der Waals surface area contributed by atoms with Crippen LogP contribution in [0, 0.1) is 3.57 Å². The van der Waals surface area contributed by atoms with Gasteiger partial charge < -0.3 is 5.11 Å². The molecule has 4 heteroatoms. The molecule has 0 bridgehead atoms. The molecule has 2 aromatic rings. The Morgan fingerprint density at radius 3 is 2.30 bits per heavy atom. The average Bonchev–Trinajstić information content (AvgIpc) is 2.71. The first-order valence-corrected chi connectivity index (χ1v) is 7.11. The van der Waals surface area contributed by atoms with Gasteiger partial charge in [0, 0.05) is 20.9 Å². The molecule has 3 nitrogen and oxygen atoms in total. The van der Waals surface area contributed by atoms with Crippen LogP contribution in [0.25, 0.3) is 5.76 Å². The number of Topliss-reactive ketones (excluding diaryl/α,β-unsaturated/α-hetero) is 1. The van der Waals surface area contributed by atoms with Crippen molar-refractivity contribution in [2.45, 2.75) is 0 Å². The van der Waals surface area contributed by atoms with Gasteiger partial charge in [-0.05, 0) is 46.9 Å². The Balaban J connectivity index is 1.94. The lowest BCUT2D eigenvalue weighted by atomic mass is 10.1. The minimum atomic E-state index is -0.188. The highest BCUT2D eigenvalue weighted by Gasteiger charge is 2.27. The molecule has 0 heterocycles. The van der Waals surface area contributed by atoms with Crippen molar-refractivity contribution in [3.8, 4) is 0 Å². The van der Waals surface area contributed by atoms with Gasteiger partial charge in [-0.1, -0.05) is 24.3 Å². The molecule has 3 rings (SSSR count). The maximum Gasteiger partial charge on any atom is 0.199 e. The lowest BCUT2D eigenvalue weighted by Crippen LogP contribution is -1.99. The van der Waals surface area contributed by atoms with Crippen LogP contribution in [0.5, 0.6) is 0 Å². The fraction of sp³-hybridized carbons (Fsp3) is 0. The lowest BCUT2D eigenvalue weighted by molar-refractivity contribution is 0.104. The van der Waals surface area contributed by atoms with Gasteiger partial charge in [-0.2, -0.15) is 0 Å². The highest BCUT2D eigenvalue weighted by atomic mass is 127. The first kappa shape index (κ1) is 13.1. The number of benzene rings is 2. The van der Waals surface area contributed by atoms with E-state index in [9.17, 15) is 9.90 Å². The van der Waals surface area contributed by atoms with Gasteiger partial charge in [0.15, 0.2) is 5.78 Å². The normalized spacial score (nSPS) is 14.2. The first-order chi connectivity index (χ1) is 9.66. The Kier molecular flexibility index (Phi) is 3.40. The predicted octanol–water partition coefficient (Wildman–Crippen LogP) is 4.16. The van der Waals surface area contributed by atoms with Gasteiger partial charge in [0.05, 0.1) is 11.3 Å². The summed E-state index contributed by atoms with van der Waals surface area (Å²) in [6.45, 7) is 0. The van der Waals surface area contributed by atoms with E-state index in [1.165, 1.54) is 6.21 Å². The van der Waals surface area contributed by atoms with E-state index in [1.54, 1.807) is 24.3 Å². The van der Waals surface area contributed by atoms with Gasteiger partial charge in [0.1, 0.15) is 5.76 Å². The van der Waals surface area contributed by atoms with Crippen LogP contribution in [0.2, 0.25) is 0 Å². The number of aliphatic hydroxyl groups excluding tert-OH is 1. The molecule has 0 amide bonds. The van der Waals surface area contributed by atoms with Crippen LogP contribution in [0.4, 0.5) is 5.69 Å². The molecule has 1 aliphatic carbocycles. The summed E-state index contributed by atoms with van der Waals surface area (Å²) in [6, 6.07) is 14.6. The molecule has 0 unspecified atom stereocenters. The zero-order chi connectivity index (χ0) is 14.1. The second kappa shape index (κ2) is 5.20. The molecule has 0 aliphatic heterocycles. The number of halogens is 1. The van der Waals surface area contributed by atoms with E-state index >= 15 is 0 Å². The first-order valence-electron chi connectivity index (χ1n) is 6.04. The summed E-state index contributed by atoms with van der Waals surface area (Å²) in [6.07, 6.45) is 1.43. The van der Waals surface area contributed by atoms with Gasteiger partial charge in [0.25, 0.3) is 0 Å². The Labute approximate surface area is 129 Å². The van der Waals surface area contributed by atoms with E-state index in [-0.39, 0.29) is 17.1 Å². The number of nitrogens with zero attached hydrogens (tertiary/aromatic N) is 1. The number of ketones is 1. The number of rotatable bonds is 2. The van der Waals surface area contributed by atoms with Crippen LogP contribution in [0.3, 0.4) is 0 Å². The lowest BCUT2D eigenvalue weighted by Gasteiger charge is -1.95. The van der Waals surface area contributed by atoms with Crippen molar-refractivity contribution in [1.82, 2.24) is 0 Å². The number of aliphatic imine (C=N–C) groups is 1. The van der Waals surface area contributed by atoms with Gasteiger partial charge in [-0.15, -0.1) is 0 Å². The van der Waals surface area contributed by atoms with Crippen molar-refractivity contribution in [3.63, 3.8) is 0 Å². The van der Waals surface area contributed by atoms with Gasteiger partial charge in [-0.25, -0.2) is 0 Å². The molecular weight excluding hydrogens is 365 g/mol. The van der Waals surface area contributed by atoms with Crippen LogP contribution >= 0.6 is 22.6 Å². The summed E-state index contributed by atoms with van der Waals surface area (Å²) in [7, 11) is 0. The van der Waals surface area contributed by atoms with Crippen LogP contribution in [-0.4, -0.2) is 17.1 Å². The topological polar surface area (TPSA) is 49.7 Å². The quantitative estimate of drug-likeness (QED) is 0.633. The molecule has 20 heavy (non-hydrogen) atoms. The molecule has 0 fully saturated rings. The molecule has 0 aromatic heterocycles. The Hall–Kier alpha value is -1.95. The molecule has 0 spiro atoms. The Morgan fingerprint density at radius 2 is 1.65 bits per heavy atom. The summed E-state index contributed by atoms with van der Waals surface area (Å²) in [5, 5.41) is 10.1. The summed E-state index contributed by atoms with van der Waals surface area (Å²) in [4.78, 5) is 16.4. The van der Waals surface area contributed by atoms with Gasteiger partial charge in [-0.3, -0.25) is 9.79 Å². The molecule has 1 aliphatic rings. The molecule has 0 atom stereocenters. The summed E-state index contributed by atoms with van der Waals surface area (Å²) < 4.78 is 1.12. The smallest absolute Gasteiger partial charge is 0.199 e. The number of fused-ring (bicyclic) bond motifs is 1. The van der Waals surface area contributed by atoms with Crippen LogP contribution in [0.1, 0.15) is 15.9 Å². The predicted molar refractivity (Wildman–Crippen MR) is 87.6 cm³/mol. The van der Waals surface area contributed by atoms with Crippen LogP contribution < -0.4 is 0 Å². The number of hydrogen-bond acceptors (Lipinski definition) is 3. The summed E-state index contributed by atoms with van der Waals surface area (Å²) >= 11 is 2.21. The number of carbonyl (C=O) groups excluding carboxylic acids is 1. The van der Waals surface area contributed by atoms with Crippen molar-refractivity contribution < 1.29 is 9.90 Å². The van der Waals surface area contributed by atoms with E-state index in [2.05, 4.69) is 27.6 Å². The molecule has 0 saturated carbocycles. The average molecular weight is 375 g/mol. The third-order valence-corrected chi connectivity index (χ3v) is 3.82. The Morgan fingerprint density at radius 1 is 1.00 bits per heavy atom.